The number of thiazole rings is 1. The van der Waals surface area contributed by atoms with Gasteiger partial charge in [-0.05, 0) is 30.7 Å². The Hall–Kier alpha value is -3.04. The molecule has 0 N–H and O–H groups in total. The molecule has 3 rings (SSSR count). The maximum atomic E-state index is 12.5. The van der Waals surface area contributed by atoms with E-state index < -0.39 is 4.92 Å². The number of nitro benzene ring substituents is 1. The van der Waals surface area contributed by atoms with Crippen LogP contribution < -0.4 is 9.54 Å². The molecule has 0 spiro atoms. The molecule has 0 radical (unpaired) electrons. The number of nitrogens with zero attached hydrogens (tertiary/aromatic N) is 3. The van der Waals surface area contributed by atoms with Gasteiger partial charge < -0.3 is 14.0 Å². The number of fused-ring (bicyclic) bond motifs is 1. The summed E-state index contributed by atoms with van der Waals surface area (Å²) in [6.07, 6.45) is 0.158. The van der Waals surface area contributed by atoms with Crippen LogP contribution in [0.2, 0.25) is 0 Å². The summed E-state index contributed by atoms with van der Waals surface area (Å²) in [5, 5.41) is 11.1. The van der Waals surface area contributed by atoms with Gasteiger partial charge in [-0.3, -0.25) is 14.9 Å². The molecule has 2 aromatic carbocycles. The minimum absolute atomic E-state index is 0.00454. The van der Waals surface area contributed by atoms with Gasteiger partial charge in [0.2, 0.25) is 0 Å². The van der Waals surface area contributed by atoms with Crippen molar-refractivity contribution in [3.8, 4) is 5.75 Å². The van der Waals surface area contributed by atoms with E-state index in [1.54, 1.807) is 13.2 Å². The van der Waals surface area contributed by atoms with E-state index in [4.69, 9.17) is 9.47 Å². The zero-order chi connectivity index (χ0) is 20.8. The summed E-state index contributed by atoms with van der Waals surface area (Å²) >= 11 is 1.25. The number of nitro groups is 1. The molecule has 0 atom stereocenters. The highest BCUT2D eigenvalue weighted by Crippen LogP contribution is 2.23. The largest absolute Gasteiger partial charge is 0.494 e. The summed E-state index contributed by atoms with van der Waals surface area (Å²) in [4.78, 5) is 27.9. The molecule has 1 heterocycles. The number of rotatable bonds is 8. The smallest absolute Gasteiger partial charge is 0.270 e. The standard InChI is InChI=1S/C20H21N3O5S/c1-3-28-16-7-4-14(5-8-16)12-19(24)21-20-22(10-11-27-2)17-9-6-15(23(25)26)13-18(17)29-20/h4-9,13H,3,10-12H2,1-2H3. The fourth-order valence-electron chi connectivity index (χ4n) is 2.85. The van der Waals surface area contributed by atoms with Gasteiger partial charge in [0, 0.05) is 25.8 Å². The van der Waals surface area contributed by atoms with Crippen LogP contribution in [0.4, 0.5) is 5.69 Å². The Morgan fingerprint density at radius 3 is 2.66 bits per heavy atom. The molecule has 0 saturated carbocycles. The van der Waals surface area contributed by atoms with Crippen LogP contribution in [0, 0.1) is 10.1 Å². The molecular weight excluding hydrogens is 394 g/mol. The van der Waals surface area contributed by atoms with Crippen molar-refractivity contribution in [2.24, 2.45) is 4.99 Å². The number of carbonyl (C=O) groups is 1. The normalized spacial score (nSPS) is 11.7. The second-order valence-corrected chi connectivity index (χ2v) is 7.21. The summed E-state index contributed by atoms with van der Waals surface area (Å²) in [6, 6.07) is 11.9. The van der Waals surface area contributed by atoms with E-state index in [1.165, 1.54) is 23.5 Å². The number of hydrogen-bond acceptors (Lipinski definition) is 6. The van der Waals surface area contributed by atoms with Gasteiger partial charge >= 0.3 is 0 Å². The Balaban J connectivity index is 1.92. The maximum Gasteiger partial charge on any atom is 0.270 e. The topological polar surface area (TPSA) is 96.0 Å². The third kappa shape index (κ3) is 5.07. The Morgan fingerprint density at radius 1 is 1.24 bits per heavy atom. The summed E-state index contributed by atoms with van der Waals surface area (Å²) in [5.41, 5.74) is 1.62. The van der Waals surface area contributed by atoms with Gasteiger partial charge in [0.15, 0.2) is 4.80 Å². The van der Waals surface area contributed by atoms with Gasteiger partial charge in [-0.2, -0.15) is 4.99 Å². The highest BCUT2D eigenvalue weighted by atomic mass is 32.1. The SMILES string of the molecule is CCOc1ccc(CC(=O)N=c2sc3cc([N+](=O)[O-])ccc3n2CCOC)cc1. The van der Waals surface area contributed by atoms with E-state index in [2.05, 4.69) is 4.99 Å². The lowest BCUT2D eigenvalue weighted by atomic mass is 10.1. The molecule has 152 valence electrons. The molecule has 1 aromatic heterocycles. The zero-order valence-electron chi connectivity index (χ0n) is 16.2. The molecule has 3 aromatic rings. The van der Waals surface area contributed by atoms with Crippen LogP contribution >= 0.6 is 11.3 Å². The number of benzene rings is 2. The van der Waals surface area contributed by atoms with E-state index in [9.17, 15) is 14.9 Å². The number of methoxy groups -OCH3 is 1. The quantitative estimate of drug-likeness (QED) is 0.415. The van der Waals surface area contributed by atoms with Crippen molar-refractivity contribution in [2.75, 3.05) is 20.3 Å². The van der Waals surface area contributed by atoms with E-state index in [0.717, 1.165) is 16.8 Å². The number of hydrogen-bond donors (Lipinski definition) is 0. The second-order valence-electron chi connectivity index (χ2n) is 6.20. The first-order valence-corrected chi connectivity index (χ1v) is 9.89. The van der Waals surface area contributed by atoms with Crippen molar-refractivity contribution >= 4 is 33.1 Å². The third-order valence-corrected chi connectivity index (χ3v) is 5.25. The molecule has 9 heteroatoms. The highest BCUT2D eigenvalue weighted by molar-refractivity contribution is 7.16. The lowest BCUT2D eigenvalue weighted by Crippen LogP contribution is -2.19. The number of carbonyl (C=O) groups excluding carboxylic acids is 1. The molecule has 0 aliphatic heterocycles. The minimum atomic E-state index is -0.438. The first-order chi connectivity index (χ1) is 14.0. The van der Waals surface area contributed by atoms with E-state index in [0.29, 0.717) is 29.3 Å². The van der Waals surface area contributed by atoms with Crippen LogP contribution in [-0.2, 0) is 22.5 Å². The van der Waals surface area contributed by atoms with Gasteiger partial charge in [0.1, 0.15) is 5.75 Å². The third-order valence-electron chi connectivity index (χ3n) is 4.21. The molecule has 0 bridgehead atoms. The van der Waals surface area contributed by atoms with Gasteiger partial charge in [0.05, 0.1) is 34.8 Å². The summed E-state index contributed by atoms with van der Waals surface area (Å²) in [7, 11) is 1.59. The molecule has 1 amide bonds. The van der Waals surface area contributed by atoms with Crippen LogP contribution in [0.5, 0.6) is 5.75 Å². The fraction of sp³-hybridized carbons (Fsp3) is 0.300. The molecule has 0 saturated heterocycles. The van der Waals surface area contributed by atoms with Crippen molar-refractivity contribution in [2.45, 2.75) is 19.9 Å². The van der Waals surface area contributed by atoms with E-state index in [1.807, 2.05) is 35.8 Å². The predicted octanol–water partition coefficient (Wildman–Crippen LogP) is 3.33. The minimum Gasteiger partial charge on any atom is -0.494 e. The van der Waals surface area contributed by atoms with E-state index in [-0.39, 0.29) is 18.0 Å². The molecular formula is C20H21N3O5S. The van der Waals surface area contributed by atoms with Crippen molar-refractivity contribution in [1.82, 2.24) is 4.57 Å². The summed E-state index contributed by atoms with van der Waals surface area (Å²) in [6.45, 7) is 3.42. The van der Waals surface area contributed by atoms with Crippen LogP contribution in [0.1, 0.15) is 12.5 Å². The molecule has 0 fully saturated rings. The second kappa shape index (κ2) is 9.44. The molecule has 29 heavy (non-hydrogen) atoms. The highest BCUT2D eigenvalue weighted by Gasteiger charge is 2.13. The monoisotopic (exact) mass is 415 g/mol. The Morgan fingerprint density at radius 2 is 2.00 bits per heavy atom. The number of ether oxygens (including phenoxy) is 2. The van der Waals surface area contributed by atoms with Crippen LogP contribution in [0.3, 0.4) is 0 Å². The number of aromatic nitrogens is 1. The lowest BCUT2D eigenvalue weighted by Gasteiger charge is -2.05. The van der Waals surface area contributed by atoms with E-state index >= 15 is 0 Å². The van der Waals surface area contributed by atoms with Gasteiger partial charge in [-0.25, -0.2) is 0 Å². The summed E-state index contributed by atoms with van der Waals surface area (Å²) < 4.78 is 13.1. The average molecular weight is 415 g/mol. The van der Waals surface area contributed by atoms with Gasteiger partial charge in [-0.15, -0.1) is 0 Å². The Labute approximate surface area is 171 Å². The first-order valence-electron chi connectivity index (χ1n) is 9.08. The maximum absolute atomic E-state index is 12.5. The first kappa shape index (κ1) is 20.7. The molecule has 0 aliphatic rings. The van der Waals surface area contributed by atoms with Crippen molar-refractivity contribution in [1.29, 1.82) is 0 Å². The lowest BCUT2D eigenvalue weighted by molar-refractivity contribution is -0.384. The Bertz CT molecular complexity index is 1090. The Kier molecular flexibility index (Phi) is 6.73. The summed E-state index contributed by atoms with van der Waals surface area (Å²) in [5.74, 6) is 0.463. The molecule has 8 nitrogen and oxygen atoms in total. The van der Waals surface area contributed by atoms with Crippen LogP contribution in [0.15, 0.2) is 47.5 Å². The zero-order valence-corrected chi connectivity index (χ0v) is 17.0. The molecule has 0 unspecified atom stereocenters. The van der Waals surface area contributed by atoms with Gasteiger partial charge in [-0.1, -0.05) is 23.5 Å². The molecule has 0 aliphatic carbocycles. The number of amides is 1. The van der Waals surface area contributed by atoms with Crippen LogP contribution in [0.25, 0.3) is 10.2 Å². The van der Waals surface area contributed by atoms with Crippen molar-refractivity contribution in [3.05, 3.63) is 62.9 Å². The van der Waals surface area contributed by atoms with Crippen molar-refractivity contribution in [3.63, 3.8) is 0 Å². The fourth-order valence-corrected chi connectivity index (χ4v) is 3.96. The number of non-ortho nitro benzene ring substituents is 1. The average Bonchev–Trinajstić information content (AvgIpc) is 3.04. The van der Waals surface area contributed by atoms with Crippen molar-refractivity contribution < 1.29 is 19.2 Å². The van der Waals surface area contributed by atoms with Crippen LogP contribution in [-0.4, -0.2) is 35.7 Å². The van der Waals surface area contributed by atoms with Gasteiger partial charge in [0.25, 0.3) is 11.6 Å². The predicted molar refractivity (Wildman–Crippen MR) is 110 cm³/mol.